The quantitative estimate of drug-likeness (QED) is 0.294. The van der Waals surface area contributed by atoms with Crippen LogP contribution in [0.1, 0.15) is 32.3 Å². The summed E-state index contributed by atoms with van der Waals surface area (Å²) in [7, 11) is 1.69. The van der Waals surface area contributed by atoms with Gasteiger partial charge in [-0.1, -0.05) is 78.7 Å². The highest BCUT2D eigenvalue weighted by Gasteiger charge is 2.77. The van der Waals surface area contributed by atoms with Crippen LogP contribution in [-0.4, -0.2) is 92.9 Å². The summed E-state index contributed by atoms with van der Waals surface area (Å²) in [5.41, 5.74) is -0.230. The molecule has 1 aromatic rings. The molecule has 0 aliphatic carbocycles. The van der Waals surface area contributed by atoms with Crippen LogP contribution >= 0.6 is 15.9 Å². The average Bonchev–Trinajstić information content (AvgIpc) is 3.52. The number of hydrogen-bond acceptors (Lipinski definition) is 5. The molecule has 4 rings (SSSR count). The molecule has 39 heavy (non-hydrogen) atoms. The maximum Gasteiger partial charge on any atom is 0.249 e. The Kier molecular flexibility index (Phi) is 9.03. The molecular weight excluding hydrogens is 562 g/mol. The van der Waals surface area contributed by atoms with Gasteiger partial charge in [0.2, 0.25) is 17.7 Å². The molecule has 0 aromatic heterocycles. The lowest BCUT2D eigenvalue weighted by Gasteiger charge is -2.41. The number of benzene rings is 1. The van der Waals surface area contributed by atoms with E-state index in [0.29, 0.717) is 25.9 Å². The van der Waals surface area contributed by atoms with E-state index in [-0.39, 0.29) is 41.6 Å². The number of rotatable bonds is 12. The topological polar surface area (TPSA) is 90.4 Å². The van der Waals surface area contributed by atoms with Crippen molar-refractivity contribution >= 4 is 33.7 Å². The molecule has 3 aliphatic heterocycles. The number of carbonyl (C=O) groups is 3. The molecule has 3 saturated heterocycles. The van der Waals surface area contributed by atoms with E-state index in [9.17, 15) is 19.5 Å². The Morgan fingerprint density at radius 2 is 1.90 bits per heavy atom. The molecule has 9 heteroatoms. The van der Waals surface area contributed by atoms with Gasteiger partial charge in [-0.3, -0.25) is 14.4 Å². The maximum absolute atomic E-state index is 14.6. The Hall–Kier alpha value is -2.49. The van der Waals surface area contributed by atoms with E-state index in [2.05, 4.69) is 29.1 Å². The minimum atomic E-state index is -1.18. The summed E-state index contributed by atoms with van der Waals surface area (Å²) in [6.45, 7) is 12.2. The Morgan fingerprint density at radius 1 is 1.23 bits per heavy atom. The number of amides is 3. The Labute approximate surface area is 239 Å². The van der Waals surface area contributed by atoms with E-state index in [1.54, 1.807) is 33.9 Å². The third-order valence-corrected chi connectivity index (χ3v) is 9.59. The van der Waals surface area contributed by atoms with Gasteiger partial charge in [0.1, 0.15) is 11.6 Å². The third-order valence-electron chi connectivity index (χ3n) is 8.75. The monoisotopic (exact) mass is 601 g/mol. The number of aliphatic hydroxyl groups excluding tert-OH is 1. The maximum atomic E-state index is 14.6. The van der Waals surface area contributed by atoms with Gasteiger partial charge < -0.3 is 24.5 Å². The lowest BCUT2D eigenvalue weighted by molar-refractivity contribution is -0.153. The summed E-state index contributed by atoms with van der Waals surface area (Å²) < 4.78 is 6.64. The van der Waals surface area contributed by atoms with Crippen molar-refractivity contribution in [2.75, 3.05) is 26.7 Å². The number of alkyl halides is 1. The van der Waals surface area contributed by atoms with Crippen LogP contribution in [0.3, 0.4) is 0 Å². The van der Waals surface area contributed by atoms with Crippen molar-refractivity contribution in [1.82, 2.24) is 14.7 Å². The van der Waals surface area contributed by atoms with Crippen molar-refractivity contribution in [2.24, 2.45) is 17.8 Å². The van der Waals surface area contributed by atoms with Crippen LogP contribution in [0, 0.1) is 17.8 Å². The van der Waals surface area contributed by atoms with Crippen LogP contribution < -0.4 is 0 Å². The summed E-state index contributed by atoms with van der Waals surface area (Å²) in [4.78, 5) is 47.3. The van der Waals surface area contributed by atoms with E-state index in [0.717, 1.165) is 5.56 Å². The van der Waals surface area contributed by atoms with Crippen molar-refractivity contribution in [2.45, 2.75) is 61.8 Å². The second-order valence-electron chi connectivity index (χ2n) is 11.0. The molecule has 1 aromatic carbocycles. The summed E-state index contributed by atoms with van der Waals surface area (Å²) in [6, 6.07) is 8.11. The van der Waals surface area contributed by atoms with Crippen LogP contribution in [-0.2, 0) is 25.7 Å². The molecule has 1 spiro atoms. The van der Waals surface area contributed by atoms with Crippen molar-refractivity contribution < 1.29 is 24.2 Å². The molecule has 3 unspecified atom stereocenters. The Morgan fingerprint density at radius 3 is 2.49 bits per heavy atom. The van der Waals surface area contributed by atoms with E-state index < -0.39 is 35.6 Å². The number of hydrogen-bond donors (Lipinski definition) is 1. The first kappa shape index (κ1) is 29.5. The van der Waals surface area contributed by atoms with Crippen molar-refractivity contribution in [3.8, 4) is 0 Å². The third kappa shape index (κ3) is 4.98. The SMILES string of the molecule is C=CCN(C)C(=O)[C@H]1[C@H]2C(=O)N([C@@H](CO)[C@@H](C)CC)C(C(=O)N(CC=C)Cc3ccccc3)C23CC(Br)[C@@H]1O3. The predicted molar refractivity (Wildman–Crippen MR) is 153 cm³/mol. The van der Waals surface area contributed by atoms with Crippen LogP contribution in [0.2, 0.25) is 0 Å². The van der Waals surface area contributed by atoms with Crippen LogP contribution in [0.25, 0.3) is 0 Å². The first-order valence-corrected chi connectivity index (χ1v) is 14.6. The number of halogens is 1. The lowest BCUT2D eigenvalue weighted by Crippen LogP contribution is -2.59. The zero-order valence-electron chi connectivity index (χ0n) is 23.0. The van der Waals surface area contributed by atoms with Gasteiger partial charge in [0, 0.05) is 31.5 Å². The van der Waals surface area contributed by atoms with E-state index in [4.69, 9.17) is 4.74 Å². The number of likely N-dealkylation sites (N-methyl/N-ethyl adjacent to an activating group) is 1. The fourth-order valence-corrected chi connectivity index (χ4v) is 7.65. The summed E-state index contributed by atoms with van der Waals surface area (Å²) in [5, 5.41) is 10.5. The molecule has 8 atom stereocenters. The molecule has 3 aliphatic rings. The molecule has 1 N–H and O–H groups in total. The molecule has 3 amide bonds. The molecule has 3 fully saturated rings. The zero-order chi connectivity index (χ0) is 28.5. The van der Waals surface area contributed by atoms with Crippen LogP contribution in [0.5, 0.6) is 0 Å². The normalized spacial score (nSPS) is 30.5. The fourth-order valence-electron chi connectivity index (χ4n) is 6.70. The second-order valence-corrected chi connectivity index (χ2v) is 12.2. The Bertz CT molecular complexity index is 1100. The zero-order valence-corrected chi connectivity index (χ0v) is 24.6. The van der Waals surface area contributed by atoms with Gasteiger partial charge in [0.05, 0.1) is 30.6 Å². The highest BCUT2D eigenvalue weighted by atomic mass is 79.9. The minimum absolute atomic E-state index is 0.0685. The van der Waals surface area contributed by atoms with Crippen molar-refractivity contribution in [3.63, 3.8) is 0 Å². The number of nitrogens with zero attached hydrogens (tertiary/aromatic N) is 3. The lowest BCUT2D eigenvalue weighted by atomic mass is 9.70. The minimum Gasteiger partial charge on any atom is -0.394 e. The van der Waals surface area contributed by atoms with Gasteiger partial charge in [0.25, 0.3) is 0 Å². The van der Waals surface area contributed by atoms with Gasteiger partial charge in [-0.05, 0) is 17.9 Å². The van der Waals surface area contributed by atoms with E-state index in [1.165, 1.54) is 0 Å². The molecule has 2 bridgehead atoms. The van der Waals surface area contributed by atoms with Crippen LogP contribution in [0.4, 0.5) is 0 Å². The summed E-state index contributed by atoms with van der Waals surface area (Å²) >= 11 is 3.72. The number of fused-ring (bicyclic) bond motifs is 1. The van der Waals surface area contributed by atoms with E-state index in [1.807, 2.05) is 44.2 Å². The summed E-state index contributed by atoms with van der Waals surface area (Å²) in [5.74, 6) is -2.37. The second kappa shape index (κ2) is 11.9. The highest BCUT2D eigenvalue weighted by molar-refractivity contribution is 9.09. The van der Waals surface area contributed by atoms with Gasteiger partial charge in [-0.15, -0.1) is 13.2 Å². The number of likely N-dealkylation sites (tertiary alicyclic amines) is 1. The van der Waals surface area contributed by atoms with Crippen molar-refractivity contribution in [1.29, 1.82) is 0 Å². The molecule has 3 heterocycles. The Balaban J connectivity index is 1.82. The predicted octanol–water partition coefficient (Wildman–Crippen LogP) is 3.00. The van der Waals surface area contributed by atoms with E-state index >= 15 is 0 Å². The van der Waals surface area contributed by atoms with Gasteiger partial charge in [0.15, 0.2) is 0 Å². The first-order chi connectivity index (χ1) is 18.7. The first-order valence-electron chi connectivity index (χ1n) is 13.7. The van der Waals surface area contributed by atoms with Gasteiger partial charge >= 0.3 is 0 Å². The smallest absolute Gasteiger partial charge is 0.249 e. The molecule has 8 nitrogen and oxygen atoms in total. The molecule has 0 radical (unpaired) electrons. The molecule has 0 saturated carbocycles. The number of aliphatic hydroxyl groups is 1. The average molecular weight is 603 g/mol. The highest BCUT2D eigenvalue weighted by Crippen LogP contribution is 2.61. The van der Waals surface area contributed by atoms with Crippen molar-refractivity contribution in [3.05, 3.63) is 61.2 Å². The van der Waals surface area contributed by atoms with Crippen LogP contribution in [0.15, 0.2) is 55.6 Å². The molecule has 212 valence electrons. The summed E-state index contributed by atoms with van der Waals surface area (Å²) in [6.07, 6.45) is 3.91. The fraction of sp³-hybridized carbons (Fsp3) is 0.567. The number of carbonyl (C=O) groups excluding carboxylic acids is 3. The standard InChI is InChI=1S/C30H40BrN3O5/c1-6-14-32(5)27(36)23-24-28(37)34(22(18-35)19(4)8-3)26(30(24)16-21(31)25(23)39-30)29(38)33(15-7-2)17-20-12-10-9-11-13-20/h6-7,9-13,19,21-26,35H,1-2,8,14-18H2,3-5H3/t19-,21?,22-,23-,24-,25-,26?,30?/m0/s1. The number of ether oxygens (including phenoxy) is 1. The van der Waals surface area contributed by atoms with Gasteiger partial charge in [-0.25, -0.2) is 0 Å². The van der Waals surface area contributed by atoms with Gasteiger partial charge in [-0.2, -0.15) is 0 Å². The largest absolute Gasteiger partial charge is 0.394 e. The molecular formula is C30H40BrN3O5.